The SMILES string of the molecule is O=C(c1ccccc1)c1ccccc1C(=O)N1CCC(n2cnc3ccccc32)C1. The summed E-state index contributed by atoms with van der Waals surface area (Å²) in [5.74, 6) is -0.224. The normalized spacial score (nSPS) is 16.1. The van der Waals surface area contributed by atoms with Gasteiger partial charge in [0, 0.05) is 24.2 Å². The van der Waals surface area contributed by atoms with Crippen molar-refractivity contribution in [3.05, 3.63) is 102 Å². The zero-order chi connectivity index (χ0) is 20.5. The van der Waals surface area contributed by atoms with Crippen LogP contribution in [0.15, 0.2) is 85.2 Å². The Morgan fingerprint density at radius 1 is 0.833 bits per heavy atom. The van der Waals surface area contributed by atoms with Crippen LogP contribution in [-0.2, 0) is 0 Å². The van der Waals surface area contributed by atoms with Gasteiger partial charge < -0.3 is 9.47 Å². The molecular formula is C25H21N3O2. The number of ketones is 1. The Labute approximate surface area is 174 Å². The highest BCUT2D eigenvalue weighted by Crippen LogP contribution is 2.27. The van der Waals surface area contributed by atoms with E-state index in [1.54, 1.807) is 30.3 Å². The van der Waals surface area contributed by atoms with Crippen molar-refractivity contribution in [2.24, 2.45) is 0 Å². The van der Waals surface area contributed by atoms with Crippen LogP contribution in [0.5, 0.6) is 0 Å². The minimum atomic E-state index is -0.129. The Morgan fingerprint density at radius 2 is 1.53 bits per heavy atom. The number of rotatable bonds is 4. The van der Waals surface area contributed by atoms with E-state index in [2.05, 4.69) is 15.6 Å². The molecule has 0 radical (unpaired) electrons. The molecule has 5 rings (SSSR count). The van der Waals surface area contributed by atoms with Crippen LogP contribution in [0, 0.1) is 0 Å². The van der Waals surface area contributed by atoms with E-state index in [4.69, 9.17) is 0 Å². The Morgan fingerprint density at radius 3 is 2.37 bits per heavy atom. The van der Waals surface area contributed by atoms with Gasteiger partial charge in [0.25, 0.3) is 5.91 Å². The Bertz CT molecular complexity index is 1230. The first kappa shape index (κ1) is 18.3. The smallest absolute Gasteiger partial charge is 0.254 e. The summed E-state index contributed by atoms with van der Waals surface area (Å²) >= 11 is 0. The molecule has 0 saturated carbocycles. The van der Waals surface area contributed by atoms with Crippen LogP contribution in [0.2, 0.25) is 0 Å². The molecule has 0 aliphatic carbocycles. The highest BCUT2D eigenvalue weighted by molar-refractivity contribution is 6.15. The summed E-state index contributed by atoms with van der Waals surface area (Å²) in [6, 6.07) is 24.4. The van der Waals surface area contributed by atoms with Crippen molar-refractivity contribution >= 4 is 22.7 Å². The van der Waals surface area contributed by atoms with Gasteiger partial charge in [0.2, 0.25) is 0 Å². The van der Waals surface area contributed by atoms with E-state index in [-0.39, 0.29) is 17.7 Å². The first-order chi connectivity index (χ1) is 14.7. The van der Waals surface area contributed by atoms with Crippen LogP contribution < -0.4 is 0 Å². The maximum Gasteiger partial charge on any atom is 0.254 e. The standard InChI is InChI=1S/C25H21N3O2/c29-24(18-8-2-1-3-9-18)20-10-4-5-11-21(20)25(30)27-15-14-19(16-27)28-17-26-22-12-6-7-13-23(22)28/h1-13,17,19H,14-16H2. The lowest BCUT2D eigenvalue weighted by Crippen LogP contribution is -2.30. The minimum Gasteiger partial charge on any atom is -0.336 e. The summed E-state index contributed by atoms with van der Waals surface area (Å²) in [6.45, 7) is 1.26. The summed E-state index contributed by atoms with van der Waals surface area (Å²) in [4.78, 5) is 32.7. The van der Waals surface area contributed by atoms with E-state index in [0.29, 0.717) is 29.8 Å². The molecule has 2 heterocycles. The number of aromatic nitrogens is 2. The summed E-state index contributed by atoms with van der Waals surface area (Å²) < 4.78 is 2.16. The highest BCUT2D eigenvalue weighted by Gasteiger charge is 2.30. The molecule has 1 saturated heterocycles. The van der Waals surface area contributed by atoms with Gasteiger partial charge >= 0.3 is 0 Å². The molecule has 1 aliphatic heterocycles. The van der Waals surface area contributed by atoms with Gasteiger partial charge in [-0.1, -0.05) is 60.7 Å². The average molecular weight is 395 g/mol. The summed E-state index contributed by atoms with van der Waals surface area (Å²) in [6.07, 6.45) is 2.72. The third-order valence-corrected chi connectivity index (χ3v) is 5.76. The third kappa shape index (κ3) is 3.18. The lowest BCUT2D eigenvalue weighted by molar-refractivity contribution is 0.0783. The summed E-state index contributed by atoms with van der Waals surface area (Å²) in [7, 11) is 0. The van der Waals surface area contributed by atoms with Gasteiger partial charge in [-0.2, -0.15) is 0 Å². The molecule has 1 aromatic heterocycles. The molecular weight excluding hydrogens is 374 g/mol. The maximum atomic E-state index is 13.3. The van der Waals surface area contributed by atoms with Gasteiger partial charge in [-0.25, -0.2) is 4.98 Å². The molecule has 1 unspecified atom stereocenters. The Kier molecular flexibility index (Phi) is 4.64. The number of imidazole rings is 1. The lowest BCUT2D eigenvalue weighted by atomic mass is 9.97. The Balaban J connectivity index is 1.40. The monoisotopic (exact) mass is 395 g/mol. The number of fused-ring (bicyclic) bond motifs is 1. The highest BCUT2D eigenvalue weighted by atomic mass is 16.2. The molecule has 0 N–H and O–H groups in total. The Hall–Kier alpha value is -3.73. The van der Waals surface area contributed by atoms with Crippen molar-refractivity contribution in [3.63, 3.8) is 0 Å². The average Bonchev–Trinajstić information content (AvgIpc) is 3.46. The van der Waals surface area contributed by atoms with Crippen molar-refractivity contribution in [1.29, 1.82) is 0 Å². The molecule has 3 aromatic carbocycles. The largest absolute Gasteiger partial charge is 0.336 e. The number of hydrogen-bond donors (Lipinski definition) is 0. The first-order valence-corrected chi connectivity index (χ1v) is 10.1. The van der Waals surface area contributed by atoms with E-state index in [9.17, 15) is 9.59 Å². The van der Waals surface area contributed by atoms with Gasteiger partial charge in [-0.3, -0.25) is 9.59 Å². The second-order valence-electron chi connectivity index (χ2n) is 7.57. The molecule has 1 aliphatic rings. The van der Waals surface area contributed by atoms with Gasteiger partial charge in [-0.15, -0.1) is 0 Å². The lowest BCUT2D eigenvalue weighted by Gasteiger charge is -2.19. The number of benzene rings is 3. The number of nitrogens with zero attached hydrogens (tertiary/aromatic N) is 3. The number of para-hydroxylation sites is 2. The quantitative estimate of drug-likeness (QED) is 0.483. The second-order valence-corrected chi connectivity index (χ2v) is 7.57. The fourth-order valence-electron chi connectivity index (χ4n) is 4.21. The predicted molar refractivity (Wildman–Crippen MR) is 116 cm³/mol. The number of likely N-dealkylation sites (tertiary alicyclic amines) is 1. The molecule has 1 atom stereocenters. The zero-order valence-electron chi connectivity index (χ0n) is 16.4. The zero-order valence-corrected chi connectivity index (χ0v) is 16.4. The van der Waals surface area contributed by atoms with Gasteiger partial charge in [0.05, 0.1) is 29.0 Å². The molecule has 0 bridgehead atoms. The van der Waals surface area contributed by atoms with E-state index >= 15 is 0 Å². The van der Waals surface area contributed by atoms with Crippen LogP contribution in [-0.4, -0.2) is 39.2 Å². The number of amides is 1. The van der Waals surface area contributed by atoms with E-state index < -0.39 is 0 Å². The fourth-order valence-corrected chi connectivity index (χ4v) is 4.21. The molecule has 4 aromatic rings. The van der Waals surface area contributed by atoms with Crippen LogP contribution in [0.25, 0.3) is 11.0 Å². The molecule has 30 heavy (non-hydrogen) atoms. The first-order valence-electron chi connectivity index (χ1n) is 10.1. The second kappa shape index (κ2) is 7.59. The topological polar surface area (TPSA) is 55.2 Å². The van der Waals surface area contributed by atoms with Gasteiger partial charge in [0.15, 0.2) is 5.78 Å². The number of carbonyl (C=O) groups is 2. The molecule has 1 amide bonds. The molecule has 1 fully saturated rings. The van der Waals surface area contributed by atoms with Crippen LogP contribution in [0.4, 0.5) is 0 Å². The van der Waals surface area contributed by atoms with Crippen molar-refractivity contribution in [1.82, 2.24) is 14.5 Å². The van der Waals surface area contributed by atoms with Crippen molar-refractivity contribution in [2.75, 3.05) is 13.1 Å². The number of carbonyl (C=O) groups excluding carboxylic acids is 2. The van der Waals surface area contributed by atoms with Crippen LogP contribution in [0.3, 0.4) is 0 Å². The summed E-state index contributed by atoms with van der Waals surface area (Å²) in [5.41, 5.74) is 3.53. The van der Waals surface area contributed by atoms with E-state index in [1.165, 1.54) is 0 Å². The van der Waals surface area contributed by atoms with Crippen molar-refractivity contribution < 1.29 is 9.59 Å². The number of hydrogen-bond acceptors (Lipinski definition) is 3. The van der Waals surface area contributed by atoms with Crippen molar-refractivity contribution in [3.8, 4) is 0 Å². The van der Waals surface area contributed by atoms with E-state index in [1.807, 2.05) is 53.7 Å². The van der Waals surface area contributed by atoms with Crippen LogP contribution >= 0.6 is 0 Å². The van der Waals surface area contributed by atoms with Crippen LogP contribution in [0.1, 0.15) is 38.7 Å². The third-order valence-electron chi connectivity index (χ3n) is 5.76. The van der Waals surface area contributed by atoms with Gasteiger partial charge in [0.1, 0.15) is 0 Å². The van der Waals surface area contributed by atoms with E-state index in [0.717, 1.165) is 17.5 Å². The fraction of sp³-hybridized carbons (Fsp3) is 0.160. The molecule has 5 heteroatoms. The predicted octanol–water partition coefficient (Wildman–Crippen LogP) is 4.35. The molecule has 148 valence electrons. The molecule has 0 spiro atoms. The summed E-state index contributed by atoms with van der Waals surface area (Å²) in [5, 5.41) is 0. The maximum absolute atomic E-state index is 13.3. The van der Waals surface area contributed by atoms with Gasteiger partial charge in [-0.05, 0) is 24.6 Å². The molecule has 5 nitrogen and oxygen atoms in total. The van der Waals surface area contributed by atoms with Crippen molar-refractivity contribution in [2.45, 2.75) is 12.5 Å². The minimum absolute atomic E-state index is 0.0956.